The Morgan fingerprint density at radius 1 is 0.793 bits per heavy atom. The van der Waals surface area contributed by atoms with E-state index in [0.717, 1.165) is 58.4 Å². The number of ether oxygens (including phenoxy) is 2. The summed E-state index contributed by atoms with van der Waals surface area (Å²) < 4.78 is 49.2. The molecule has 4 atom stereocenters. The highest BCUT2D eigenvalue weighted by molar-refractivity contribution is 5.92. The Kier molecular flexibility index (Phi) is 11.3. The lowest BCUT2D eigenvalue weighted by Gasteiger charge is -2.29. The van der Waals surface area contributed by atoms with Crippen molar-refractivity contribution in [3.8, 4) is 22.4 Å². The molecule has 4 amide bonds. The number of H-pyrrole nitrogens is 2. The standard InChI is InChI=1S/C41H45F3N8O6/c1-22(2)34(50-40(56)58-4)38(54)52-16-6-8-33(52)36-46-28-14-13-26(19-29(28)47-36)24-9-10-25-18-27(12-11-23(25)17-24)31-21-45-35(48-31)32-7-5-15-51(32)37(53)30(20-41(42,43)44)49-39(55)57-3/h9-14,17-19,21-22,30,32-34H,5-8,15-16,20H2,1-4H3,(H,45,48)(H,46,47)(H,49,55)(H,50,56)/t30-,32-,33-,34-/m0/s1. The van der Waals surface area contributed by atoms with Crippen molar-refractivity contribution in [1.82, 2.24) is 40.4 Å². The summed E-state index contributed by atoms with van der Waals surface area (Å²) in [5.41, 5.74) is 5.10. The van der Waals surface area contributed by atoms with Gasteiger partial charge in [0.25, 0.3) is 0 Å². The number of aromatic amines is 2. The van der Waals surface area contributed by atoms with Crippen LogP contribution in [0.3, 0.4) is 0 Å². The van der Waals surface area contributed by atoms with Crippen molar-refractivity contribution in [2.45, 2.75) is 76.3 Å². The predicted octanol–water partition coefficient (Wildman–Crippen LogP) is 7.16. The first-order valence-corrected chi connectivity index (χ1v) is 19.2. The number of hydrogen-bond donors (Lipinski definition) is 4. The second-order valence-corrected chi connectivity index (χ2v) is 15.1. The van der Waals surface area contributed by atoms with E-state index in [1.807, 2.05) is 67.7 Å². The molecule has 2 aliphatic rings. The SMILES string of the molecule is COC(=O)N[C@@H](CC(F)(F)F)C(=O)N1CCC[C@H]1c1ncc(-c2ccc3cc(-c4ccc5nc([C@@H]6CCCN6C(=O)[C@@H](NC(=O)OC)C(C)C)[nH]c5c4)ccc3c2)[nH]1. The van der Waals surface area contributed by atoms with Gasteiger partial charge in [0.1, 0.15) is 23.7 Å². The number of rotatable bonds is 10. The molecule has 4 N–H and O–H groups in total. The first kappa shape index (κ1) is 40.1. The number of nitrogens with zero attached hydrogens (tertiary/aromatic N) is 4. The third-order valence-corrected chi connectivity index (χ3v) is 10.9. The van der Waals surface area contributed by atoms with Crippen LogP contribution < -0.4 is 10.6 Å². The molecule has 0 unspecified atom stereocenters. The minimum absolute atomic E-state index is 0.136. The number of alkyl carbamates (subject to hydrolysis) is 2. The lowest BCUT2D eigenvalue weighted by Crippen LogP contribution is -2.51. The summed E-state index contributed by atoms with van der Waals surface area (Å²) in [6.07, 6.45) is -3.72. The number of aromatic nitrogens is 4. The van der Waals surface area contributed by atoms with Gasteiger partial charge >= 0.3 is 18.4 Å². The maximum Gasteiger partial charge on any atom is 0.407 e. The van der Waals surface area contributed by atoms with Crippen LogP contribution in [0.15, 0.2) is 60.8 Å². The summed E-state index contributed by atoms with van der Waals surface area (Å²) in [4.78, 5) is 69.9. The van der Waals surface area contributed by atoms with Crippen molar-refractivity contribution in [2.75, 3.05) is 27.3 Å². The molecule has 2 aliphatic heterocycles. The van der Waals surface area contributed by atoms with Crippen molar-refractivity contribution in [2.24, 2.45) is 5.92 Å². The van der Waals surface area contributed by atoms with Crippen LogP contribution >= 0.6 is 0 Å². The Labute approximate surface area is 331 Å². The van der Waals surface area contributed by atoms with E-state index in [2.05, 4.69) is 31.1 Å². The highest BCUT2D eigenvalue weighted by atomic mass is 19.4. The van der Waals surface area contributed by atoms with E-state index in [1.165, 1.54) is 12.0 Å². The summed E-state index contributed by atoms with van der Waals surface area (Å²) in [7, 11) is 2.29. The number of likely N-dealkylation sites (tertiary alicyclic amines) is 2. The second kappa shape index (κ2) is 16.4. The molecular weight excluding hydrogens is 757 g/mol. The lowest BCUT2D eigenvalue weighted by molar-refractivity contribution is -0.154. The molecular formula is C41H45F3N8O6. The van der Waals surface area contributed by atoms with Crippen molar-refractivity contribution >= 4 is 45.8 Å². The number of carbonyl (C=O) groups is 4. The van der Waals surface area contributed by atoms with Gasteiger partial charge in [-0.3, -0.25) is 9.59 Å². The van der Waals surface area contributed by atoms with Crippen LogP contribution in [0.4, 0.5) is 22.8 Å². The smallest absolute Gasteiger partial charge is 0.407 e. The molecule has 0 aliphatic carbocycles. The third kappa shape index (κ3) is 8.43. The van der Waals surface area contributed by atoms with Crippen LogP contribution in [0, 0.1) is 5.92 Å². The van der Waals surface area contributed by atoms with E-state index in [4.69, 9.17) is 9.72 Å². The van der Waals surface area contributed by atoms with Crippen LogP contribution in [-0.4, -0.2) is 99.3 Å². The molecule has 0 bridgehead atoms. The van der Waals surface area contributed by atoms with Gasteiger partial charge in [-0.25, -0.2) is 19.6 Å². The van der Waals surface area contributed by atoms with Gasteiger partial charge in [0.2, 0.25) is 11.8 Å². The highest BCUT2D eigenvalue weighted by Crippen LogP contribution is 2.36. The molecule has 17 heteroatoms. The van der Waals surface area contributed by atoms with Crippen molar-refractivity contribution in [3.05, 3.63) is 72.4 Å². The molecule has 2 saturated heterocycles. The van der Waals surface area contributed by atoms with Crippen LogP contribution in [0.5, 0.6) is 0 Å². The number of benzene rings is 3. The fraction of sp³-hybridized carbons (Fsp3) is 0.415. The van der Waals surface area contributed by atoms with Crippen molar-refractivity contribution < 1.29 is 41.8 Å². The average Bonchev–Trinajstić information content (AvgIpc) is 4.04. The second-order valence-electron chi connectivity index (χ2n) is 15.1. The average molecular weight is 803 g/mol. The number of nitrogens with one attached hydrogen (secondary N) is 4. The molecule has 5 aromatic rings. The molecule has 2 fully saturated rings. The monoisotopic (exact) mass is 802 g/mol. The van der Waals surface area contributed by atoms with Crippen molar-refractivity contribution in [3.63, 3.8) is 0 Å². The van der Waals surface area contributed by atoms with Gasteiger partial charge < -0.3 is 39.9 Å². The van der Waals surface area contributed by atoms with E-state index in [-0.39, 0.29) is 24.4 Å². The Bertz CT molecular complexity index is 2340. The van der Waals surface area contributed by atoms with E-state index in [1.54, 1.807) is 11.1 Å². The Morgan fingerprint density at radius 3 is 2.03 bits per heavy atom. The van der Waals surface area contributed by atoms with Gasteiger partial charge in [-0.2, -0.15) is 13.2 Å². The van der Waals surface area contributed by atoms with E-state index in [0.29, 0.717) is 36.7 Å². The molecule has 2 aromatic heterocycles. The summed E-state index contributed by atoms with van der Waals surface area (Å²) in [5.74, 6) is -0.0192. The maximum absolute atomic E-state index is 13.6. The Balaban J connectivity index is 1.07. The molecule has 7 rings (SSSR count). The maximum atomic E-state index is 13.6. The molecule has 0 saturated carbocycles. The normalized spacial score (nSPS) is 18.1. The van der Waals surface area contributed by atoms with Gasteiger partial charge in [0.05, 0.1) is 55.6 Å². The summed E-state index contributed by atoms with van der Waals surface area (Å²) in [5, 5.41) is 6.68. The van der Waals surface area contributed by atoms with Crippen molar-refractivity contribution in [1.29, 1.82) is 0 Å². The molecule has 0 spiro atoms. The predicted molar refractivity (Wildman–Crippen MR) is 208 cm³/mol. The fourth-order valence-electron chi connectivity index (χ4n) is 7.95. The zero-order valence-electron chi connectivity index (χ0n) is 32.5. The zero-order chi connectivity index (χ0) is 41.3. The number of imidazole rings is 2. The van der Waals surface area contributed by atoms with Crippen LogP contribution in [0.2, 0.25) is 0 Å². The van der Waals surface area contributed by atoms with E-state index < -0.39 is 48.8 Å². The number of fused-ring (bicyclic) bond motifs is 2. The first-order chi connectivity index (χ1) is 27.7. The summed E-state index contributed by atoms with van der Waals surface area (Å²) >= 11 is 0. The van der Waals surface area contributed by atoms with E-state index in [9.17, 15) is 32.3 Å². The highest BCUT2D eigenvalue weighted by Gasteiger charge is 2.42. The first-order valence-electron chi connectivity index (χ1n) is 19.2. The van der Waals surface area contributed by atoms with Gasteiger partial charge in [-0.15, -0.1) is 0 Å². The Morgan fingerprint density at radius 2 is 1.38 bits per heavy atom. The topological polar surface area (TPSA) is 175 Å². The molecule has 58 heavy (non-hydrogen) atoms. The number of halogens is 3. The van der Waals surface area contributed by atoms with Crippen LogP contribution in [-0.2, 0) is 19.1 Å². The van der Waals surface area contributed by atoms with Gasteiger partial charge in [0, 0.05) is 18.7 Å². The molecule has 0 radical (unpaired) electrons. The lowest BCUT2D eigenvalue weighted by atomic mass is 9.99. The fourth-order valence-corrected chi connectivity index (χ4v) is 7.95. The molecule has 306 valence electrons. The quantitative estimate of drug-likeness (QED) is 0.115. The number of amides is 4. The van der Waals surface area contributed by atoms with Gasteiger partial charge in [0.15, 0.2) is 0 Å². The largest absolute Gasteiger partial charge is 0.453 e. The Hall–Kier alpha value is -6.13. The number of hydrogen-bond acceptors (Lipinski definition) is 8. The number of carbonyl (C=O) groups excluding carboxylic acids is 4. The summed E-state index contributed by atoms with van der Waals surface area (Å²) in [6, 6.07) is 14.7. The van der Waals surface area contributed by atoms with Crippen LogP contribution in [0.1, 0.15) is 69.7 Å². The minimum Gasteiger partial charge on any atom is -0.453 e. The van der Waals surface area contributed by atoms with E-state index >= 15 is 0 Å². The van der Waals surface area contributed by atoms with Gasteiger partial charge in [-0.1, -0.05) is 44.2 Å². The molecule has 4 heterocycles. The number of alkyl halides is 3. The molecule has 14 nitrogen and oxygen atoms in total. The number of methoxy groups -OCH3 is 2. The van der Waals surface area contributed by atoms with Gasteiger partial charge in [-0.05, 0) is 77.8 Å². The molecule has 3 aromatic carbocycles. The minimum atomic E-state index is -4.68. The third-order valence-electron chi connectivity index (χ3n) is 10.9. The zero-order valence-corrected chi connectivity index (χ0v) is 32.5. The summed E-state index contributed by atoms with van der Waals surface area (Å²) in [6.45, 7) is 4.54. The van der Waals surface area contributed by atoms with Crippen LogP contribution in [0.25, 0.3) is 44.2 Å².